The molecule has 0 aromatic rings. The third-order valence-electron chi connectivity index (χ3n) is 4.08. The first-order valence-corrected chi connectivity index (χ1v) is 6.46. The molecular weight excluding hydrogens is 204 g/mol. The summed E-state index contributed by atoms with van der Waals surface area (Å²) < 4.78 is 0. The maximum absolute atomic E-state index is 9.39. The normalized spacial score (nSPS) is 27.6. The van der Waals surface area contributed by atoms with Gasteiger partial charge in [0.15, 0.2) is 0 Å². The van der Waals surface area contributed by atoms with E-state index in [9.17, 15) is 10.2 Å². The van der Waals surface area contributed by atoms with E-state index in [2.05, 4.69) is 10.2 Å². The summed E-state index contributed by atoms with van der Waals surface area (Å²) >= 11 is 0. The summed E-state index contributed by atoms with van der Waals surface area (Å²) in [5.41, 5.74) is -0.482. The van der Waals surface area contributed by atoms with Crippen LogP contribution in [0.5, 0.6) is 0 Å². The molecule has 1 saturated heterocycles. The van der Waals surface area contributed by atoms with Crippen LogP contribution in [0.3, 0.4) is 0 Å². The van der Waals surface area contributed by atoms with E-state index in [1.54, 1.807) is 0 Å². The van der Waals surface area contributed by atoms with Crippen molar-refractivity contribution >= 4 is 0 Å². The van der Waals surface area contributed by atoms with Crippen molar-refractivity contribution in [2.24, 2.45) is 0 Å². The van der Waals surface area contributed by atoms with Crippen molar-refractivity contribution < 1.29 is 10.2 Å². The Morgan fingerprint density at radius 1 is 1.25 bits per heavy atom. The average Bonchev–Trinajstić information content (AvgIpc) is 3.08. The Labute approximate surface area is 97.6 Å². The fourth-order valence-corrected chi connectivity index (χ4v) is 2.58. The maximum atomic E-state index is 9.39. The molecule has 2 rings (SSSR count). The summed E-state index contributed by atoms with van der Waals surface area (Å²) in [5, 5.41) is 22.2. The lowest BCUT2D eigenvalue weighted by atomic mass is 9.97. The van der Waals surface area contributed by atoms with Crippen molar-refractivity contribution in [3.05, 3.63) is 0 Å². The van der Waals surface area contributed by atoms with Gasteiger partial charge < -0.3 is 15.5 Å². The number of hydrogen-bond donors (Lipinski definition) is 3. The molecule has 4 heteroatoms. The van der Waals surface area contributed by atoms with E-state index >= 15 is 0 Å². The van der Waals surface area contributed by atoms with Gasteiger partial charge >= 0.3 is 0 Å². The van der Waals surface area contributed by atoms with Crippen molar-refractivity contribution in [3.63, 3.8) is 0 Å². The van der Waals surface area contributed by atoms with Crippen molar-refractivity contribution in [1.29, 1.82) is 0 Å². The zero-order valence-electron chi connectivity index (χ0n) is 10.2. The number of rotatable bonds is 6. The lowest BCUT2D eigenvalue weighted by Gasteiger charge is -2.33. The van der Waals surface area contributed by atoms with Crippen LogP contribution in [0, 0.1) is 0 Å². The van der Waals surface area contributed by atoms with Crippen LogP contribution in [0.15, 0.2) is 0 Å². The third-order valence-corrected chi connectivity index (χ3v) is 4.08. The Balaban J connectivity index is 1.84. The van der Waals surface area contributed by atoms with Crippen LogP contribution in [-0.2, 0) is 0 Å². The van der Waals surface area contributed by atoms with Crippen LogP contribution >= 0.6 is 0 Å². The zero-order chi connectivity index (χ0) is 11.6. The highest BCUT2D eigenvalue weighted by Crippen LogP contribution is 2.30. The molecule has 1 aliphatic carbocycles. The van der Waals surface area contributed by atoms with Gasteiger partial charge in [-0.15, -0.1) is 0 Å². The fourth-order valence-electron chi connectivity index (χ4n) is 2.58. The maximum Gasteiger partial charge on any atom is 0.0648 e. The molecule has 16 heavy (non-hydrogen) atoms. The second kappa shape index (κ2) is 5.00. The van der Waals surface area contributed by atoms with E-state index < -0.39 is 5.54 Å². The molecule has 0 bridgehead atoms. The summed E-state index contributed by atoms with van der Waals surface area (Å²) in [6, 6.07) is 1.26. The Morgan fingerprint density at radius 3 is 2.44 bits per heavy atom. The van der Waals surface area contributed by atoms with Gasteiger partial charge in [0.2, 0.25) is 0 Å². The Kier molecular flexibility index (Phi) is 3.85. The predicted molar refractivity (Wildman–Crippen MR) is 63.3 cm³/mol. The molecule has 1 heterocycles. The lowest BCUT2D eigenvalue weighted by Crippen LogP contribution is -2.56. The van der Waals surface area contributed by atoms with Crippen LogP contribution in [-0.4, -0.2) is 59.0 Å². The van der Waals surface area contributed by atoms with Crippen molar-refractivity contribution in [2.75, 3.05) is 26.3 Å². The minimum absolute atomic E-state index is 0.0138. The van der Waals surface area contributed by atoms with E-state index in [1.807, 2.05) is 6.92 Å². The molecule has 0 radical (unpaired) electrons. The summed E-state index contributed by atoms with van der Waals surface area (Å²) in [6.07, 6.45) is 4.61. The fraction of sp³-hybridized carbons (Fsp3) is 1.00. The first-order valence-electron chi connectivity index (χ1n) is 6.46. The van der Waals surface area contributed by atoms with E-state index in [-0.39, 0.29) is 13.2 Å². The summed E-state index contributed by atoms with van der Waals surface area (Å²) in [5.74, 6) is 0. The molecule has 2 fully saturated rings. The average molecular weight is 228 g/mol. The van der Waals surface area contributed by atoms with Crippen LogP contribution in [0.25, 0.3) is 0 Å². The standard InChI is InChI=1S/C12H24N2O2/c1-2-12(8-15,9-16)13-10-5-6-14(7-10)11-3-4-11/h10-11,13,15-16H,2-9H2,1H3. The lowest BCUT2D eigenvalue weighted by molar-refractivity contribution is 0.0780. The Hall–Kier alpha value is -0.160. The molecule has 3 N–H and O–H groups in total. The summed E-state index contributed by atoms with van der Waals surface area (Å²) in [7, 11) is 0. The van der Waals surface area contributed by atoms with Gasteiger partial charge in [-0.2, -0.15) is 0 Å². The van der Waals surface area contributed by atoms with Crippen LogP contribution < -0.4 is 5.32 Å². The van der Waals surface area contributed by atoms with Crippen LogP contribution in [0.4, 0.5) is 0 Å². The van der Waals surface area contributed by atoms with Gasteiger partial charge in [-0.05, 0) is 25.7 Å². The quantitative estimate of drug-likeness (QED) is 0.596. The van der Waals surface area contributed by atoms with Crippen molar-refractivity contribution in [3.8, 4) is 0 Å². The van der Waals surface area contributed by atoms with E-state index in [4.69, 9.17) is 0 Å². The van der Waals surface area contributed by atoms with Gasteiger partial charge in [0, 0.05) is 25.2 Å². The summed E-state index contributed by atoms with van der Waals surface area (Å²) in [6.45, 7) is 4.28. The van der Waals surface area contributed by atoms with Crippen molar-refractivity contribution in [2.45, 2.75) is 50.2 Å². The second-order valence-corrected chi connectivity index (χ2v) is 5.31. The van der Waals surface area contributed by atoms with Crippen LogP contribution in [0.2, 0.25) is 0 Å². The molecule has 1 atom stereocenters. The van der Waals surface area contributed by atoms with Crippen molar-refractivity contribution in [1.82, 2.24) is 10.2 Å². The van der Waals surface area contributed by atoms with E-state index in [1.165, 1.54) is 19.4 Å². The number of aliphatic hydroxyl groups excluding tert-OH is 2. The molecule has 0 aromatic heterocycles. The highest BCUT2D eigenvalue weighted by molar-refractivity contribution is 4.96. The van der Waals surface area contributed by atoms with Gasteiger partial charge in [-0.3, -0.25) is 4.90 Å². The molecule has 1 aliphatic heterocycles. The number of nitrogens with one attached hydrogen (secondary N) is 1. The Morgan fingerprint density at radius 2 is 1.94 bits per heavy atom. The molecule has 2 aliphatic rings. The van der Waals surface area contributed by atoms with E-state index in [0.717, 1.165) is 25.4 Å². The predicted octanol–water partition coefficient (Wildman–Crippen LogP) is -0.0539. The highest BCUT2D eigenvalue weighted by Gasteiger charge is 2.37. The van der Waals surface area contributed by atoms with E-state index in [0.29, 0.717) is 6.04 Å². The molecule has 94 valence electrons. The molecule has 0 aromatic carbocycles. The number of nitrogens with zero attached hydrogens (tertiary/aromatic N) is 1. The molecule has 1 saturated carbocycles. The highest BCUT2D eigenvalue weighted by atomic mass is 16.3. The van der Waals surface area contributed by atoms with Gasteiger partial charge in [-0.1, -0.05) is 6.92 Å². The molecular formula is C12H24N2O2. The SMILES string of the molecule is CCC(CO)(CO)NC1CCN(C2CC2)C1. The largest absolute Gasteiger partial charge is 0.394 e. The third kappa shape index (κ3) is 2.56. The van der Waals surface area contributed by atoms with Gasteiger partial charge in [-0.25, -0.2) is 0 Å². The zero-order valence-corrected chi connectivity index (χ0v) is 10.2. The molecule has 0 amide bonds. The van der Waals surface area contributed by atoms with Gasteiger partial charge in [0.05, 0.1) is 18.8 Å². The first kappa shape index (κ1) is 12.3. The number of aliphatic hydroxyl groups is 2. The van der Waals surface area contributed by atoms with Crippen LogP contribution in [0.1, 0.15) is 32.6 Å². The minimum atomic E-state index is -0.482. The number of likely N-dealkylation sites (tertiary alicyclic amines) is 1. The smallest absolute Gasteiger partial charge is 0.0648 e. The minimum Gasteiger partial charge on any atom is -0.394 e. The Bertz CT molecular complexity index is 219. The second-order valence-electron chi connectivity index (χ2n) is 5.31. The molecule has 0 spiro atoms. The summed E-state index contributed by atoms with van der Waals surface area (Å²) in [4.78, 5) is 2.53. The number of hydrogen-bond acceptors (Lipinski definition) is 4. The molecule has 1 unspecified atom stereocenters. The first-order chi connectivity index (χ1) is 7.73. The van der Waals surface area contributed by atoms with Gasteiger partial charge in [0.1, 0.15) is 0 Å². The molecule has 4 nitrogen and oxygen atoms in total. The van der Waals surface area contributed by atoms with Gasteiger partial charge in [0.25, 0.3) is 0 Å². The monoisotopic (exact) mass is 228 g/mol. The topological polar surface area (TPSA) is 55.7 Å².